The van der Waals surface area contributed by atoms with Gasteiger partial charge in [-0.2, -0.15) is 0 Å². The Labute approximate surface area is 209 Å². The summed E-state index contributed by atoms with van der Waals surface area (Å²) >= 11 is 0. The van der Waals surface area contributed by atoms with Crippen molar-refractivity contribution in [2.45, 2.75) is 65.3 Å². The lowest BCUT2D eigenvalue weighted by Crippen LogP contribution is -2.54. The molecule has 36 heavy (non-hydrogen) atoms. The van der Waals surface area contributed by atoms with Crippen LogP contribution in [0.3, 0.4) is 0 Å². The van der Waals surface area contributed by atoms with E-state index in [9.17, 15) is 28.8 Å². The van der Waals surface area contributed by atoms with Gasteiger partial charge in [0, 0.05) is 32.7 Å². The first-order valence-corrected chi connectivity index (χ1v) is 11.7. The standard InChI is InChI=1S/C22H35N3O11/c1-5-18(27)33-12-16(35-14(4)26)9-24-22(31)25(21(30)23-8-15-11-32-15)10-17(36-20(29)7-3)13-34-19(28)6-2/h15-17H,5-13H2,1-4H3,(H,23,30)(H,24,31). The summed E-state index contributed by atoms with van der Waals surface area (Å²) in [4.78, 5) is 72.7. The zero-order chi connectivity index (χ0) is 27.1. The molecule has 3 unspecified atom stereocenters. The van der Waals surface area contributed by atoms with Gasteiger partial charge in [-0.05, 0) is 0 Å². The molecule has 0 aromatic carbocycles. The van der Waals surface area contributed by atoms with Gasteiger partial charge in [-0.15, -0.1) is 0 Å². The number of ether oxygens (including phenoxy) is 5. The number of amides is 4. The van der Waals surface area contributed by atoms with Gasteiger partial charge in [0.1, 0.15) is 13.2 Å². The van der Waals surface area contributed by atoms with Crippen LogP contribution in [0.1, 0.15) is 47.0 Å². The smallest absolute Gasteiger partial charge is 0.325 e. The molecular weight excluding hydrogens is 482 g/mol. The van der Waals surface area contributed by atoms with Crippen molar-refractivity contribution in [3.8, 4) is 0 Å². The third kappa shape index (κ3) is 12.9. The minimum Gasteiger partial charge on any atom is -0.462 e. The normalized spacial score (nSPS) is 15.5. The maximum absolute atomic E-state index is 12.9. The Hall–Kier alpha value is -3.42. The molecule has 1 aliphatic heterocycles. The van der Waals surface area contributed by atoms with Gasteiger partial charge in [0.15, 0.2) is 12.2 Å². The van der Waals surface area contributed by atoms with Crippen molar-refractivity contribution in [1.29, 1.82) is 0 Å². The average Bonchev–Trinajstić information content (AvgIpc) is 3.69. The van der Waals surface area contributed by atoms with Gasteiger partial charge in [0.2, 0.25) is 0 Å². The van der Waals surface area contributed by atoms with E-state index in [4.69, 9.17) is 23.7 Å². The van der Waals surface area contributed by atoms with Crippen LogP contribution in [-0.2, 0) is 42.9 Å². The predicted octanol–water partition coefficient (Wildman–Crippen LogP) is 0.266. The lowest BCUT2D eigenvalue weighted by molar-refractivity contribution is -0.159. The fourth-order valence-corrected chi connectivity index (χ4v) is 2.58. The predicted molar refractivity (Wildman–Crippen MR) is 121 cm³/mol. The Morgan fingerprint density at radius 3 is 1.86 bits per heavy atom. The molecule has 14 heteroatoms. The maximum Gasteiger partial charge on any atom is 0.325 e. The number of carbonyl (C=O) groups is 6. The second-order valence-corrected chi connectivity index (χ2v) is 7.71. The molecule has 3 atom stereocenters. The Morgan fingerprint density at radius 2 is 1.36 bits per heavy atom. The minimum atomic E-state index is -1.13. The summed E-state index contributed by atoms with van der Waals surface area (Å²) < 4.78 is 25.4. The Balaban J connectivity index is 2.93. The van der Waals surface area contributed by atoms with Crippen LogP contribution in [0.5, 0.6) is 0 Å². The molecule has 4 amide bonds. The average molecular weight is 518 g/mol. The molecule has 1 aliphatic rings. The van der Waals surface area contributed by atoms with Crippen molar-refractivity contribution in [1.82, 2.24) is 15.5 Å². The number of nitrogens with one attached hydrogen (secondary N) is 2. The highest BCUT2D eigenvalue weighted by atomic mass is 16.6. The molecule has 0 spiro atoms. The second-order valence-electron chi connectivity index (χ2n) is 7.71. The fourth-order valence-electron chi connectivity index (χ4n) is 2.58. The number of nitrogens with zero attached hydrogens (tertiary/aromatic N) is 1. The van der Waals surface area contributed by atoms with Gasteiger partial charge in [-0.3, -0.25) is 19.2 Å². The fraction of sp³-hybridized carbons (Fsp3) is 0.727. The molecule has 1 fully saturated rings. The van der Waals surface area contributed by atoms with Crippen molar-refractivity contribution in [2.75, 3.05) is 39.5 Å². The topological polar surface area (TPSA) is 179 Å². The number of hydrogen-bond acceptors (Lipinski definition) is 11. The number of imide groups is 1. The van der Waals surface area contributed by atoms with Crippen molar-refractivity contribution in [2.24, 2.45) is 0 Å². The van der Waals surface area contributed by atoms with Gasteiger partial charge < -0.3 is 34.3 Å². The summed E-state index contributed by atoms with van der Waals surface area (Å²) in [5.74, 6) is -2.36. The summed E-state index contributed by atoms with van der Waals surface area (Å²) in [6, 6.07) is -1.73. The van der Waals surface area contributed by atoms with Gasteiger partial charge in [0.25, 0.3) is 0 Å². The highest BCUT2D eigenvalue weighted by Crippen LogP contribution is 2.08. The third-order valence-electron chi connectivity index (χ3n) is 4.60. The highest BCUT2D eigenvalue weighted by Gasteiger charge is 2.31. The quantitative estimate of drug-likeness (QED) is 0.173. The van der Waals surface area contributed by atoms with E-state index in [-0.39, 0.29) is 51.7 Å². The summed E-state index contributed by atoms with van der Waals surface area (Å²) in [6.45, 7) is 5.11. The number of carbonyl (C=O) groups excluding carboxylic acids is 6. The molecule has 0 aromatic heterocycles. The summed E-state index contributed by atoms with van der Waals surface area (Å²) in [7, 11) is 0. The van der Waals surface area contributed by atoms with Crippen LogP contribution in [0.25, 0.3) is 0 Å². The van der Waals surface area contributed by atoms with Gasteiger partial charge in [0.05, 0.1) is 25.8 Å². The molecule has 14 nitrogen and oxygen atoms in total. The van der Waals surface area contributed by atoms with Crippen LogP contribution in [-0.4, -0.2) is 98.6 Å². The molecular formula is C22H35N3O11. The van der Waals surface area contributed by atoms with Crippen molar-refractivity contribution in [3.63, 3.8) is 0 Å². The number of rotatable bonds is 15. The van der Waals surface area contributed by atoms with Crippen molar-refractivity contribution < 1.29 is 52.5 Å². The SMILES string of the molecule is CCC(=O)OCC(CNC(=O)N(CC(COC(=O)CC)OC(=O)CC)C(=O)NCC1CO1)OC(C)=O. The molecule has 1 saturated heterocycles. The molecule has 2 N–H and O–H groups in total. The van der Waals surface area contributed by atoms with Crippen LogP contribution in [0, 0.1) is 0 Å². The molecule has 1 rings (SSSR count). The zero-order valence-corrected chi connectivity index (χ0v) is 21.0. The molecule has 0 bridgehead atoms. The molecule has 0 aliphatic carbocycles. The molecule has 0 aromatic rings. The Kier molecular flexibility index (Phi) is 13.8. The van der Waals surface area contributed by atoms with Crippen LogP contribution < -0.4 is 10.6 Å². The monoisotopic (exact) mass is 517 g/mol. The van der Waals surface area contributed by atoms with E-state index in [1.807, 2.05) is 0 Å². The van der Waals surface area contributed by atoms with Crippen molar-refractivity contribution in [3.05, 3.63) is 0 Å². The third-order valence-corrected chi connectivity index (χ3v) is 4.60. The van der Waals surface area contributed by atoms with E-state index >= 15 is 0 Å². The van der Waals surface area contributed by atoms with Gasteiger partial charge in [-0.25, -0.2) is 14.5 Å². The molecule has 1 heterocycles. The Morgan fingerprint density at radius 1 is 0.833 bits per heavy atom. The van der Waals surface area contributed by atoms with E-state index in [0.717, 1.165) is 11.8 Å². The zero-order valence-electron chi connectivity index (χ0n) is 21.0. The summed E-state index contributed by atoms with van der Waals surface area (Å²) in [5.41, 5.74) is 0. The van der Waals surface area contributed by atoms with Crippen LogP contribution in [0.15, 0.2) is 0 Å². The lowest BCUT2D eigenvalue weighted by Gasteiger charge is -2.27. The first kappa shape index (κ1) is 30.6. The van der Waals surface area contributed by atoms with E-state index in [1.165, 1.54) is 0 Å². The summed E-state index contributed by atoms with van der Waals surface area (Å²) in [6.07, 6.45) is -2.09. The van der Waals surface area contributed by atoms with E-state index in [0.29, 0.717) is 6.61 Å². The first-order chi connectivity index (χ1) is 17.1. The lowest BCUT2D eigenvalue weighted by atomic mass is 10.3. The second kappa shape index (κ2) is 16.3. The van der Waals surface area contributed by atoms with E-state index in [1.54, 1.807) is 20.8 Å². The summed E-state index contributed by atoms with van der Waals surface area (Å²) in [5, 5.41) is 4.98. The number of epoxide rings is 1. The number of urea groups is 2. The van der Waals surface area contributed by atoms with Crippen LogP contribution in [0.2, 0.25) is 0 Å². The largest absolute Gasteiger partial charge is 0.462 e. The van der Waals surface area contributed by atoms with E-state index < -0.39 is 54.7 Å². The first-order valence-electron chi connectivity index (χ1n) is 11.7. The van der Waals surface area contributed by atoms with Crippen LogP contribution >= 0.6 is 0 Å². The molecule has 0 saturated carbocycles. The maximum atomic E-state index is 12.9. The van der Waals surface area contributed by atoms with Gasteiger partial charge >= 0.3 is 35.9 Å². The van der Waals surface area contributed by atoms with Crippen LogP contribution in [0.4, 0.5) is 9.59 Å². The van der Waals surface area contributed by atoms with Crippen molar-refractivity contribution >= 4 is 35.9 Å². The molecule has 0 radical (unpaired) electrons. The molecule has 204 valence electrons. The Bertz CT molecular complexity index is 785. The number of esters is 4. The van der Waals surface area contributed by atoms with Gasteiger partial charge in [-0.1, -0.05) is 20.8 Å². The number of hydrogen-bond donors (Lipinski definition) is 2. The van der Waals surface area contributed by atoms with E-state index in [2.05, 4.69) is 10.6 Å². The highest BCUT2D eigenvalue weighted by molar-refractivity contribution is 5.93. The minimum absolute atomic E-state index is 0.0240.